The highest BCUT2D eigenvalue weighted by Gasteiger charge is 2.33. The summed E-state index contributed by atoms with van der Waals surface area (Å²) in [5.74, 6) is 0.238. The van der Waals surface area contributed by atoms with Crippen LogP contribution in [0.2, 0.25) is 0 Å². The molecule has 1 fully saturated rings. The molecule has 0 radical (unpaired) electrons. The van der Waals surface area contributed by atoms with Crippen LogP contribution in [0.1, 0.15) is 41.0 Å². The second-order valence-electron chi connectivity index (χ2n) is 5.41. The minimum atomic E-state index is -0.00929. The lowest BCUT2D eigenvalue weighted by Gasteiger charge is -2.25. The van der Waals surface area contributed by atoms with E-state index in [1.165, 1.54) is 0 Å². The molecular weight excluding hydrogens is 176 g/mol. The van der Waals surface area contributed by atoms with E-state index < -0.39 is 0 Å². The van der Waals surface area contributed by atoms with Crippen LogP contribution >= 0.6 is 0 Å². The summed E-state index contributed by atoms with van der Waals surface area (Å²) in [6, 6.07) is -0.00929. The highest BCUT2D eigenvalue weighted by Crippen LogP contribution is 2.21. The zero-order valence-electron chi connectivity index (χ0n) is 9.92. The number of rotatable bonds is 2. The van der Waals surface area contributed by atoms with Gasteiger partial charge in [-0.25, -0.2) is 0 Å². The Labute approximate surface area is 86.9 Å². The number of carbonyl (C=O) groups excluding carboxylic acids is 1. The van der Waals surface area contributed by atoms with Gasteiger partial charge in [-0.05, 0) is 25.7 Å². The van der Waals surface area contributed by atoms with Crippen molar-refractivity contribution < 1.29 is 4.79 Å². The van der Waals surface area contributed by atoms with E-state index in [-0.39, 0.29) is 18.1 Å². The Morgan fingerprint density at radius 2 is 1.93 bits per heavy atom. The Balaban J connectivity index is 2.49. The summed E-state index contributed by atoms with van der Waals surface area (Å²) in [6.07, 6.45) is 1.25. The number of hydrogen-bond donors (Lipinski definition) is 1. The maximum Gasteiger partial charge on any atom is 0.240 e. The lowest BCUT2D eigenvalue weighted by atomic mass is 9.92. The van der Waals surface area contributed by atoms with Gasteiger partial charge in [-0.2, -0.15) is 0 Å². The summed E-state index contributed by atoms with van der Waals surface area (Å²) in [4.78, 5) is 13.6. The fourth-order valence-electron chi connectivity index (χ4n) is 1.72. The number of nitrogens with zero attached hydrogens (tertiary/aromatic N) is 1. The first-order valence-corrected chi connectivity index (χ1v) is 5.38. The molecule has 1 aliphatic rings. The SMILES string of the molecule is CC1NC(C)N(CCC(C)(C)C)C1=O. The third-order valence-electron chi connectivity index (χ3n) is 2.71. The highest BCUT2D eigenvalue weighted by molar-refractivity contribution is 5.83. The fourth-order valence-corrected chi connectivity index (χ4v) is 1.72. The molecule has 0 spiro atoms. The molecule has 2 unspecified atom stereocenters. The first-order valence-electron chi connectivity index (χ1n) is 5.38. The van der Waals surface area contributed by atoms with Gasteiger partial charge in [0.15, 0.2) is 0 Å². The molecule has 1 N–H and O–H groups in total. The van der Waals surface area contributed by atoms with E-state index in [9.17, 15) is 4.79 Å². The number of amides is 1. The number of carbonyl (C=O) groups is 1. The topological polar surface area (TPSA) is 32.3 Å². The summed E-state index contributed by atoms with van der Waals surface area (Å²) in [5, 5.41) is 3.23. The van der Waals surface area contributed by atoms with Crippen LogP contribution in [0.25, 0.3) is 0 Å². The minimum Gasteiger partial charge on any atom is -0.326 e. The van der Waals surface area contributed by atoms with Gasteiger partial charge < -0.3 is 4.90 Å². The Bertz CT molecular complexity index is 220. The summed E-state index contributed by atoms with van der Waals surface area (Å²) in [7, 11) is 0. The van der Waals surface area contributed by atoms with E-state index in [1.807, 2.05) is 18.7 Å². The van der Waals surface area contributed by atoms with Crippen LogP contribution in [-0.2, 0) is 4.79 Å². The predicted molar refractivity (Wildman–Crippen MR) is 57.8 cm³/mol. The molecule has 3 heteroatoms. The second kappa shape index (κ2) is 3.89. The first kappa shape index (κ1) is 11.5. The Morgan fingerprint density at radius 1 is 1.36 bits per heavy atom. The molecule has 1 amide bonds. The quantitative estimate of drug-likeness (QED) is 0.731. The summed E-state index contributed by atoms with van der Waals surface area (Å²) < 4.78 is 0. The summed E-state index contributed by atoms with van der Waals surface area (Å²) >= 11 is 0. The van der Waals surface area contributed by atoms with Gasteiger partial charge in [-0.15, -0.1) is 0 Å². The molecule has 1 rings (SSSR count). The van der Waals surface area contributed by atoms with Crippen LogP contribution in [0.15, 0.2) is 0 Å². The molecule has 1 aliphatic heterocycles. The van der Waals surface area contributed by atoms with Crippen molar-refractivity contribution in [3.8, 4) is 0 Å². The maximum atomic E-state index is 11.7. The Kier molecular flexibility index (Phi) is 3.20. The van der Waals surface area contributed by atoms with Gasteiger partial charge in [0, 0.05) is 6.54 Å². The van der Waals surface area contributed by atoms with Crippen molar-refractivity contribution in [1.82, 2.24) is 10.2 Å². The fraction of sp³-hybridized carbons (Fsp3) is 0.909. The first-order chi connectivity index (χ1) is 6.31. The van der Waals surface area contributed by atoms with Crippen molar-refractivity contribution in [2.24, 2.45) is 5.41 Å². The van der Waals surface area contributed by atoms with Crippen molar-refractivity contribution in [3.63, 3.8) is 0 Å². The summed E-state index contributed by atoms with van der Waals surface area (Å²) in [5.41, 5.74) is 0.297. The van der Waals surface area contributed by atoms with Crippen LogP contribution in [-0.4, -0.2) is 29.6 Å². The molecule has 1 heterocycles. The van der Waals surface area contributed by atoms with E-state index in [0.717, 1.165) is 13.0 Å². The molecule has 1 saturated heterocycles. The van der Waals surface area contributed by atoms with E-state index in [4.69, 9.17) is 0 Å². The summed E-state index contributed by atoms with van der Waals surface area (Å²) in [6.45, 7) is 11.4. The third kappa shape index (κ3) is 2.71. The molecule has 82 valence electrons. The van der Waals surface area contributed by atoms with Gasteiger partial charge in [0.05, 0.1) is 12.2 Å². The largest absolute Gasteiger partial charge is 0.326 e. The molecular formula is C11H22N2O. The van der Waals surface area contributed by atoms with E-state index >= 15 is 0 Å². The van der Waals surface area contributed by atoms with Crippen molar-refractivity contribution in [2.75, 3.05) is 6.54 Å². The predicted octanol–water partition coefficient (Wildman–Crippen LogP) is 1.59. The second-order valence-corrected chi connectivity index (χ2v) is 5.41. The van der Waals surface area contributed by atoms with Gasteiger partial charge in [-0.1, -0.05) is 20.8 Å². The number of hydrogen-bond acceptors (Lipinski definition) is 2. The van der Waals surface area contributed by atoms with Crippen LogP contribution in [0.5, 0.6) is 0 Å². The van der Waals surface area contributed by atoms with Crippen LogP contribution in [0.4, 0.5) is 0 Å². The lowest BCUT2D eigenvalue weighted by molar-refractivity contribution is -0.129. The molecule has 0 aliphatic carbocycles. The van der Waals surface area contributed by atoms with Gasteiger partial charge in [-0.3, -0.25) is 10.1 Å². The van der Waals surface area contributed by atoms with Gasteiger partial charge in [0.25, 0.3) is 0 Å². The smallest absolute Gasteiger partial charge is 0.240 e. The molecule has 0 saturated carbocycles. The average molecular weight is 198 g/mol. The zero-order chi connectivity index (χ0) is 10.9. The standard InChI is InChI=1S/C11H22N2O/c1-8-10(14)13(9(2)12-8)7-6-11(3,4)5/h8-9,12H,6-7H2,1-5H3. The van der Waals surface area contributed by atoms with Crippen LogP contribution in [0.3, 0.4) is 0 Å². The van der Waals surface area contributed by atoms with Gasteiger partial charge >= 0.3 is 0 Å². The van der Waals surface area contributed by atoms with E-state index in [1.54, 1.807) is 0 Å². The van der Waals surface area contributed by atoms with Crippen molar-refractivity contribution in [3.05, 3.63) is 0 Å². The monoisotopic (exact) mass is 198 g/mol. The van der Waals surface area contributed by atoms with E-state index in [2.05, 4.69) is 26.1 Å². The zero-order valence-corrected chi connectivity index (χ0v) is 9.92. The Hall–Kier alpha value is -0.570. The van der Waals surface area contributed by atoms with Crippen LogP contribution < -0.4 is 5.32 Å². The molecule has 3 nitrogen and oxygen atoms in total. The highest BCUT2D eigenvalue weighted by atomic mass is 16.2. The molecule has 0 bridgehead atoms. The average Bonchev–Trinajstić information content (AvgIpc) is 2.23. The molecule has 2 atom stereocenters. The lowest BCUT2D eigenvalue weighted by Crippen LogP contribution is -2.36. The van der Waals surface area contributed by atoms with Crippen molar-refractivity contribution in [2.45, 2.75) is 53.2 Å². The molecule has 0 aromatic carbocycles. The molecule has 0 aromatic rings. The normalized spacial score (nSPS) is 28.6. The molecule has 0 aromatic heterocycles. The third-order valence-corrected chi connectivity index (χ3v) is 2.71. The van der Waals surface area contributed by atoms with Gasteiger partial charge in [0.2, 0.25) is 5.91 Å². The van der Waals surface area contributed by atoms with E-state index in [0.29, 0.717) is 5.41 Å². The van der Waals surface area contributed by atoms with Gasteiger partial charge in [0.1, 0.15) is 0 Å². The maximum absolute atomic E-state index is 11.7. The Morgan fingerprint density at radius 3 is 2.29 bits per heavy atom. The number of nitrogens with one attached hydrogen (secondary N) is 1. The van der Waals surface area contributed by atoms with Crippen molar-refractivity contribution >= 4 is 5.91 Å². The van der Waals surface area contributed by atoms with Crippen molar-refractivity contribution in [1.29, 1.82) is 0 Å². The van der Waals surface area contributed by atoms with Crippen LogP contribution in [0, 0.1) is 5.41 Å². The molecule has 14 heavy (non-hydrogen) atoms. The minimum absolute atomic E-state index is 0.00929.